The van der Waals surface area contributed by atoms with Crippen LogP contribution in [0.5, 0.6) is 11.5 Å². The van der Waals surface area contributed by atoms with E-state index in [1.54, 1.807) is 18.2 Å². The van der Waals surface area contributed by atoms with Gasteiger partial charge in [-0.05, 0) is 38.5 Å². The average Bonchev–Trinajstić information content (AvgIpc) is 2.50. The third kappa shape index (κ3) is 5.11. The largest absolute Gasteiger partial charge is 0.494 e. The fourth-order valence-electron chi connectivity index (χ4n) is 3.24. The molecule has 0 saturated heterocycles. The molecule has 26 heavy (non-hydrogen) atoms. The van der Waals surface area contributed by atoms with Gasteiger partial charge >= 0.3 is 5.97 Å². The summed E-state index contributed by atoms with van der Waals surface area (Å²) in [5.74, 6) is 0.361. The summed E-state index contributed by atoms with van der Waals surface area (Å²) in [4.78, 5) is 10.6. The van der Waals surface area contributed by atoms with E-state index in [-0.39, 0.29) is 19.1 Å². The van der Waals surface area contributed by atoms with Crippen molar-refractivity contribution in [2.24, 2.45) is 0 Å². The van der Waals surface area contributed by atoms with Crippen LogP contribution < -0.4 is 9.47 Å². The molecule has 1 aliphatic rings. The Hall–Kier alpha value is -1.80. The molecule has 0 aromatic heterocycles. The summed E-state index contributed by atoms with van der Waals surface area (Å²) >= 11 is 0. The molecule has 0 bridgehead atoms. The average molecular weight is 385 g/mol. The normalized spacial score (nSPS) is 18.9. The smallest absolute Gasteiger partial charge is 0.303 e. The molecule has 1 atom stereocenters. The van der Waals surface area contributed by atoms with E-state index in [4.69, 9.17) is 14.6 Å². The summed E-state index contributed by atoms with van der Waals surface area (Å²) in [6.45, 7) is 6.34. The number of carbonyl (C=O) groups is 1. The van der Waals surface area contributed by atoms with Crippen LogP contribution in [0.2, 0.25) is 0 Å². The highest BCUT2D eigenvalue weighted by molar-refractivity contribution is 7.88. The first-order chi connectivity index (χ1) is 12.0. The molecule has 1 aromatic rings. The van der Waals surface area contributed by atoms with E-state index in [1.165, 1.54) is 10.6 Å². The zero-order valence-corrected chi connectivity index (χ0v) is 16.5. The number of hydrogen-bond acceptors (Lipinski definition) is 5. The third-order valence-electron chi connectivity index (χ3n) is 4.30. The molecule has 0 saturated carbocycles. The Balaban J connectivity index is 2.30. The summed E-state index contributed by atoms with van der Waals surface area (Å²) in [6, 6.07) is 5.00. The number of rotatable bonds is 8. The van der Waals surface area contributed by atoms with Crippen molar-refractivity contribution < 1.29 is 27.8 Å². The molecule has 1 N–H and O–H groups in total. The number of aliphatic carboxylic acids is 1. The Morgan fingerprint density at radius 1 is 1.42 bits per heavy atom. The first kappa shape index (κ1) is 20.5. The van der Waals surface area contributed by atoms with Gasteiger partial charge in [-0.15, -0.1) is 0 Å². The molecule has 7 nitrogen and oxygen atoms in total. The van der Waals surface area contributed by atoms with E-state index in [9.17, 15) is 13.2 Å². The van der Waals surface area contributed by atoms with E-state index in [0.717, 1.165) is 5.56 Å². The van der Waals surface area contributed by atoms with Gasteiger partial charge in [0.25, 0.3) is 0 Å². The number of benzene rings is 1. The lowest BCUT2D eigenvalue weighted by Crippen LogP contribution is -2.43. The maximum Gasteiger partial charge on any atom is 0.303 e. The van der Waals surface area contributed by atoms with Crippen molar-refractivity contribution in [1.82, 2.24) is 4.31 Å². The molecule has 146 valence electrons. The highest BCUT2D eigenvalue weighted by atomic mass is 32.2. The minimum Gasteiger partial charge on any atom is -0.494 e. The Morgan fingerprint density at radius 2 is 2.12 bits per heavy atom. The van der Waals surface area contributed by atoms with Crippen molar-refractivity contribution in [2.45, 2.75) is 51.7 Å². The maximum absolute atomic E-state index is 12.2. The van der Waals surface area contributed by atoms with Crippen molar-refractivity contribution in [3.63, 3.8) is 0 Å². The van der Waals surface area contributed by atoms with E-state index in [0.29, 0.717) is 30.9 Å². The summed E-state index contributed by atoms with van der Waals surface area (Å²) < 4.78 is 37.6. The second kappa shape index (κ2) is 7.84. The lowest BCUT2D eigenvalue weighted by Gasteiger charge is -2.41. The summed E-state index contributed by atoms with van der Waals surface area (Å²) in [5, 5.41) is 8.68. The third-order valence-corrected chi connectivity index (χ3v) is 5.67. The van der Waals surface area contributed by atoms with E-state index >= 15 is 0 Å². The van der Waals surface area contributed by atoms with E-state index in [1.807, 2.05) is 20.8 Å². The first-order valence-electron chi connectivity index (χ1n) is 8.68. The standard InChI is InChI=1S/C18H27NO6S/c1-5-19(26(4,22)23)15-12-18(2,3)25-16-9-8-13(11-14(15)16)24-10-6-7-17(20)21/h8-9,11,15H,5-7,10,12H2,1-4H3,(H,20,21). The second-order valence-electron chi connectivity index (χ2n) is 7.09. The fraction of sp³-hybridized carbons (Fsp3) is 0.611. The Kier molecular flexibility index (Phi) is 6.18. The van der Waals surface area contributed by atoms with Gasteiger partial charge in [-0.3, -0.25) is 4.79 Å². The van der Waals surface area contributed by atoms with Crippen LogP contribution in [0.3, 0.4) is 0 Å². The van der Waals surface area contributed by atoms with Crippen LogP contribution in [0.25, 0.3) is 0 Å². The van der Waals surface area contributed by atoms with Gasteiger partial charge in [0.15, 0.2) is 0 Å². The molecule has 2 rings (SSSR count). The van der Waals surface area contributed by atoms with Gasteiger partial charge in [0.05, 0.1) is 18.9 Å². The van der Waals surface area contributed by atoms with Gasteiger partial charge in [0.1, 0.15) is 17.1 Å². The molecule has 1 unspecified atom stereocenters. The monoisotopic (exact) mass is 385 g/mol. The summed E-state index contributed by atoms with van der Waals surface area (Å²) in [6.07, 6.45) is 2.20. The van der Waals surface area contributed by atoms with Crippen molar-refractivity contribution in [3.05, 3.63) is 23.8 Å². The molecular formula is C18H27NO6S. The molecule has 1 aromatic carbocycles. The van der Waals surface area contributed by atoms with Gasteiger partial charge in [0.2, 0.25) is 10.0 Å². The molecule has 0 spiro atoms. The van der Waals surface area contributed by atoms with Gasteiger partial charge in [0, 0.05) is 24.9 Å². The summed E-state index contributed by atoms with van der Waals surface area (Å²) in [5.41, 5.74) is 0.284. The molecule has 1 aliphatic heterocycles. The number of carboxylic acid groups (broad SMARTS) is 1. The molecular weight excluding hydrogens is 358 g/mol. The van der Waals surface area contributed by atoms with Crippen molar-refractivity contribution in [3.8, 4) is 11.5 Å². The lowest BCUT2D eigenvalue weighted by molar-refractivity contribution is -0.137. The van der Waals surface area contributed by atoms with E-state index < -0.39 is 21.6 Å². The van der Waals surface area contributed by atoms with Gasteiger partial charge in [-0.25, -0.2) is 8.42 Å². The topological polar surface area (TPSA) is 93.1 Å². The van der Waals surface area contributed by atoms with Crippen LogP contribution >= 0.6 is 0 Å². The number of fused-ring (bicyclic) bond motifs is 1. The molecule has 0 fully saturated rings. The van der Waals surface area contributed by atoms with E-state index in [2.05, 4.69) is 0 Å². The molecule has 1 heterocycles. The predicted molar refractivity (Wildman–Crippen MR) is 98.1 cm³/mol. The molecule has 0 amide bonds. The van der Waals surface area contributed by atoms with Crippen LogP contribution in [0, 0.1) is 0 Å². The number of hydrogen-bond donors (Lipinski definition) is 1. The van der Waals surface area contributed by atoms with Gasteiger partial charge in [-0.1, -0.05) is 6.92 Å². The Morgan fingerprint density at radius 3 is 2.69 bits per heavy atom. The molecule has 0 radical (unpaired) electrons. The minimum absolute atomic E-state index is 0.0442. The number of ether oxygens (including phenoxy) is 2. The number of nitrogens with zero attached hydrogens (tertiary/aromatic N) is 1. The number of carboxylic acids is 1. The van der Waals surface area contributed by atoms with Crippen molar-refractivity contribution in [2.75, 3.05) is 19.4 Å². The highest BCUT2D eigenvalue weighted by Gasteiger charge is 2.39. The zero-order chi connectivity index (χ0) is 19.5. The van der Waals surface area contributed by atoms with Crippen LogP contribution in [0.15, 0.2) is 18.2 Å². The molecule has 0 aliphatic carbocycles. The van der Waals surface area contributed by atoms with Crippen molar-refractivity contribution >= 4 is 16.0 Å². The Labute approximate surface area is 155 Å². The van der Waals surface area contributed by atoms with Crippen LogP contribution in [-0.2, 0) is 14.8 Å². The SMILES string of the molecule is CCN(C1CC(C)(C)Oc2ccc(OCCCC(=O)O)cc21)S(C)(=O)=O. The fourth-order valence-corrected chi connectivity index (χ4v) is 4.36. The lowest BCUT2D eigenvalue weighted by atomic mass is 9.89. The predicted octanol–water partition coefficient (Wildman–Crippen LogP) is 2.81. The Bertz CT molecular complexity index is 759. The second-order valence-corrected chi connectivity index (χ2v) is 9.03. The quantitative estimate of drug-likeness (QED) is 0.692. The zero-order valence-electron chi connectivity index (χ0n) is 15.7. The van der Waals surface area contributed by atoms with Gasteiger partial charge in [-0.2, -0.15) is 4.31 Å². The first-order valence-corrected chi connectivity index (χ1v) is 10.5. The van der Waals surface area contributed by atoms with Crippen LogP contribution in [0.1, 0.15) is 51.6 Å². The van der Waals surface area contributed by atoms with Crippen LogP contribution in [0.4, 0.5) is 0 Å². The maximum atomic E-state index is 12.2. The van der Waals surface area contributed by atoms with Gasteiger partial charge < -0.3 is 14.6 Å². The van der Waals surface area contributed by atoms with Crippen molar-refractivity contribution in [1.29, 1.82) is 0 Å². The minimum atomic E-state index is -3.38. The highest BCUT2D eigenvalue weighted by Crippen LogP contribution is 2.44. The molecule has 8 heteroatoms. The van der Waals surface area contributed by atoms with Crippen LogP contribution in [-0.4, -0.2) is 48.8 Å². The summed E-state index contributed by atoms with van der Waals surface area (Å²) in [7, 11) is -3.38. The number of sulfonamides is 1.